The van der Waals surface area contributed by atoms with Crippen LogP contribution in [0, 0.1) is 5.82 Å². The summed E-state index contributed by atoms with van der Waals surface area (Å²) in [7, 11) is -3.02. The van der Waals surface area contributed by atoms with Crippen LogP contribution >= 0.6 is 0 Å². The Morgan fingerprint density at radius 1 is 1.15 bits per heavy atom. The van der Waals surface area contributed by atoms with Crippen molar-refractivity contribution in [2.45, 2.75) is 18.9 Å². The van der Waals surface area contributed by atoms with E-state index in [-0.39, 0.29) is 11.6 Å². The first-order valence-corrected chi connectivity index (χ1v) is 8.47. The minimum absolute atomic E-state index is 0.0448. The van der Waals surface area contributed by atoms with Crippen molar-refractivity contribution in [3.63, 3.8) is 0 Å². The third-order valence-electron chi connectivity index (χ3n) is 3.26. The zero-order chi connectivity index (χ0) is 14.8. The van der Waals surface area contributed by atoms with Crippen molar-refractivity contribution in [2.24, 2.45) is 0 Å². The highest BCUT2D eigenvalue weighted by Crippen LogP contribution is 2.28. The zero-order valence-corrected chi connectivity index (χ0v) is 12.0. The van der Waals surface area contributed by atoms with Gasteiger partial charge < -0.3 is 5.11 Å². The molecule has 0 bridgehead atoms. The largest absolute Gasteiger partial charge is 0.388 e. The molecule has 0 amide bonds. The number of aliphatic hydroxyl groups excluding tert-OH is 1. The number of benzene rings is 2. The van der Waals surface area contributed by atoms with Crippen LogP contribution in [0.3, 0.4) is 0 Å². The lowest BCUT2D eigenvalue weighted by Gasteiger charge is -2.14. The SMILES string of the molecule is CS(=O)(=O)CCCC(O)c1ccc(F)c2ccccc12. The summed E-state index contributed by atoms with van der Waals surface area (Å²) >= 11 is 0. The molecule has 2 aromatic rings. The average molecular weight is 296 g/mol. The number of halogens is 1. The van der Waals surface area contributed by atoms with Crippen molar-refractivity contribution in [2.75, 3.05) is 12.0 Å². The minimum Gasteiger partial charge on any atom is -0.388 e. The van der Waals surface area contributed by atoms with Gasteiger partial charge in [0.25, 0.3) is 0 Å². The Morgan fingerprint density at radius 2 is 1.80 bits per heavy atom. The summed E-state index contributed by atoms with van der Waals surface area (Å²) in [4.78, 5) is 0. The van der Waals surface area contributed by atoms with Crippen LogP contribution in [-0.4, -0.2) is 25.5 Å². The first-order valence-electron chi connectivity index (χ1n) is 6.41. The molecule has 1 N–H and O–H groups in total. The van der Waals surface area contributed by atoms with Crippen LogP contribution in [-0.2, 0) is 9.84 Å². The van der Waals surface area contributed by atoms with Crippen LogP contribution in [0.25, 0.3) is 10.8 Å². The second kappa shape index (κ2) is 5.89. The van der Waals surface area contributed by atoms with Gasteiger partial charge in [-0.1, -0.05) is 30.3 Å². The molecule has 5 heteroatoms. The smallest absolute Gasteiger partial charge is 0.147 e. The number of fused-ring (bicyclic) bond motifs is 1. The molecule has 0 aliphatic carbocycles. The first-order chi connectivity index (χ1) is 9.38. The highest BCUT2D eigenvalue weighted by Gasteiger charge is 2.14. The third kappa shape index (κ3) is 3.55. The Hall–Kier alpha value is -1.46. The molecule has 2 rings (SSSR count). The maximum absolute atomic E-state index is 13.7. The number of sulfone groups is 1. The third-order valence-corrected chi connectivity index (χ3v) is 4.29. The summed E-state index contributed by atoms with van der Waals surface area (Å²) < 4.78 is 35.8. The monoisotopic (exact) mass is 296 g/mol. The molecule has 20 heavy (non-hydrogen) atoms. The molecule has 0 saturated carbocycles. The highest BCUT2D eigenvalue weighted by molar-refractivity contribution is 7.90. The molecule has 3 nitrogen and oxygen atoms in total. The summed E-state index contributed by atoms with van der Waals surface area (Å²) in [6.07, 6.45) is 1.10. The van der Waals surface area contributed by atoms with Gasteiger partial charge in [0.2, 0.25) is 0 Å². The van der Waals surface area contributed by atoms with Crippen LogP contribution in [0.4, 0.5) is 4.39 Å². The molecule has 0 aromatic heterocycles. The van der Waals surface area contributed by atoms with E-state index in [2.05, 4.69) is 0 Å². The highest BCUT2D eigenvalue weighted by atomic mass is 32.2. The van der Waals surface area contributed by atoms with Gasteiger partial charge in [0.15, 0.2) is 0 Å². The fourth-order valence-corrected chi connectivity index (χ4v) is 2.96. The van der Waals surface area contributed by atoms with E-state index in [0.29, 0.717) is 29.2 Å². The molecule has 2 aromatic carbocycles. The van der Waals surface area contributed by atoms with Gasteiger partial charge in [-0.05, 0) is 29.9 Å². The van der Waals surface area contributed by atoms with Gasteiger partial charge in [0.1, 0.15) is 15.7 Å². The van der Waals surface area contributed by atoms with Crippen LogP contribution in [0.15, 0.2) is 36.4 Å². The molecule has 108 valence electrons. The molecule has 0 radical (unpaired) electrons. The molecule has 1 unspecified atom stereocenters. The Bertz CT molecular complexity index is 710. The van der Waals surface area contributed by atoms with E-state index in [0.717, 1.165) is 0 Å². The standard InChI is InChI=1S/C15H17FO3S/c1-20(18,19)10-4-7-15(17)13-8-9-14(16)12-6-3-2-5-11(12)13/h2-3,5-6,8-9,15,17H,4,7,10H2,1H3. The van der Waals surface area contributed by atoms with Crippen LogP contribution in [0.5, 0.6) is 0 Å². The van der Waals surface area contributed by atoms with Crippen molar-refractivity contribution < 1.29 is 17.9 Å². The van der Waals surface area contributed by atoms with Crippen molar-refractivity contribution >= 4 is 20.6 Å². The van der Waals surface area contributed by atoms with Gasteiger partial charge in [-0.15, -0.1) is 0 Å². The second-order valence-corrected chi connectivity index (χ2v) is 7.23. The van der Waals surface area contributed by atoms with Crippen molar-refractivity contribution in [3.05, 3.63) is 47.8 Å². The van der Waals surface area contributed by atoms with E-state index in [4.69, 9.17) is 0 Å². The van der Waals surface area contributed by atoms with E-state index in [1.54, 1.807) is 30.3 Å². The van der Waals surface area contributed by atoms with Crippen LogP contribution < -0.4 is 0 Å². The van der Waals surface area contributed by atoms with Crippen molar-refractivity contribution in [1.82, 2.24) is 0 Å². The van der Waals surface area contributed by atoms with Gasteiger partial charge in [-0.3, -0.25) is 0 Å². The van der Waals surface area contributed by atoms with E-state index >= 15 is 0 Å². The zero-order valence-electron chi connectivity index (χ0n) is 11.2. The van der Waals surface area contributed by atoms with Gasteiger partial charge in [0.05, 0.1) is 6.10 Å². The van der Waals surface area contributed by atoms with Gasteiger partial charge >= 0.3 is 0 Å². The second-order valence-electron chi connectivity index (χ2n) is 4.97. The molecule has 0 aliphatic rings. The van der Waals surface area contributed by atoms with E-state index < -0.39 is 15.9 Å². The number of rotatable bonds is 5. The Morgan fingerprint density at radius 3 is 2.45 bits per heavy atom. The van der Waals surface area contributed by atoms with Crippen LogP contribution in [0.2, 0.25) is 0 Å². The number of hydrogen-bond donors (Lipinski definition) is 1. The molecular formula is C15H17FO3S. The van der Waals surface area contributed by atoms with Crippen LogP contribution in [0.1, 0.15) is 24.5 Å². The maximum Gasteiger partial charge on any atom is 0.147 e. The van der Waals surface area contributed by atoms with Gasteiger partial charge in [-0.2, -0.15) is 0 Å². The normalized spacial score (nSPS) is 13.6. The van der Waals surface area contributed by atoms with Gasteiger partial charge in [0, 0.05) is 17.4 Å². The molecule has 0 saturated heterocycles. The van der Waals surface area contributed by atoms with E-state index in [1.165, 1.54) is 12.3 Å². The first kappa shape index (κ1) is 14.9. The lowest BCUT2D eigenvalue weighted by atomic mass is 9.98. The molecule has 0 fully saturated rings. The molecular weight excluding hydrogens is 279 g/mol. The maximum atomic E-state index is 13.7. The fraction of sp³-hybridized carbons (Fsp3) is 0.333. The molecule has 1 atom stereocenters. The predicted octanol–water partition coefficient (Wildman–Crippen LogP) is 2.84. The summed E-state index contributed by atoms with van der Waals surface area (Å²) in [5, 5.41) is 11.3. The molecule has 0 heterocycles. The van der Waals surface area contributed by atoms with E-state index in [1.807, 2.05) is 0 Å². The quantitative estimate of drug-likeness (QED) is 0.923. The Labute approximate surface area is 118 Å². The Kier molecular flexibility index (Phi) is 4.40. The van der Waals surface area contributed by atoms with Crippen molar-refractivity contribution in [3.8, 4) is 0 Å². The molecule has 0 spiro atoms. The lowest BCUT2D eigenvalue weighted by Crippen LogP contribution is -2.06. The average Bonchev–Trinajstić information content (AvgIpc) is 2.38. The predicted molar refractivity (Wildman–Crippen MR) is 77.8 cm³/mol. The summed E-state index contributed by atoms with van der Waals surface area (Å²) in [6.45, 7) is 0. The van der Waals surface area contributed by atoms with Gasteiger partial charge in [-0.25, -0.2) is 12.8 Å². The molecule has 0 aliphatic heterocycles. The number of hydrogen-bond acceptors (Lipinski definition) is 3. The minimum atomic E-state index is -3.02. The summed E-state index contributed by atoms with van der Waals surface area (Å²) in [6, 6.07) is 9.84. The number of aliphatic hydroxyl groups is 1. The van der Waals surface area contributed by atoms with E-state index in [9.17, 15) is 17.9 Å². The topological polar surface area (TPSA) is 54.4 Å². The summed E-state index contributed by atoms with van der Waals surface area (Å²) in [5.74, 6) is -0.281. The summed E-state index contributed by atoms with van der Waals surface area (Å²) in [5.41, 5.74) is 0.635. The van der Waals surface area contributed by atoms with Crippen molar-refractivity contribution in [1.29, 1.82) is 0 Å². The lowest BCUT2D eigenvalue weighted by molar-refractivity contribution is 0.168. The Balaban J connectivity index is 2.22. The fourth-order valence-electron chi connectivity index (χ4n) is 2.27.